The van der Waals surface area contributed by atoms with Gasteiger partial charge in [0.1, 0.15) is 11.3 Å². The van der Waals surface area contributed by atoms with Crippen molar-refractivity contribution >= 4 is 22.8 Å². The highest BCUT2D eigenvalue weighted by atomic mass is 16.5. The average molecular weight is 359 g/mol. The number of carbonyl (C=O) groups excluding carboxylic acids is 2. The van der Waals surface area contributed by atoms with Crippen molar-refractivity contribution in [3.8, 4) is 5.75 Å². The molecule has 26 heavy (non-hydrogen) atoms. The molecular weight excluding hydrogens is 334 g/mol. The van der Waals surface area contributed by atoms with Crippen molar-refractivity contribution in [2.75, 3.05) is 20.3 Å². The van der Waals surface area contributed by atoms with Gasteiger partial charge in [0, 0.05) is 29.6 Å². The quantitative estimate of drug-likeness (QED) is 0.740. The Hall–Kier alpha value is -2.50. The lowest BCUT2D eigenvalue weighted by atomic mass is 10.00. The first kappa shape index (κ1) is 18.3. The van der Waals surface area contributed by atoms with E-state index in [-0.39, 0.29) is 25.0 Å². The fraction of sp³-hybridized carbons (Fsp3) is 0.500. The summed E-state index contributed by atoms with van der Waals surface area (Å²) in [6.07, 6.45) is 5.75. The molecule has 6 nitrogen and oxygen atoms in total. The summed E-state index contributed by atoms with van der Waals surface area (Å²) in [7, 11) is 1.59. The molecule has 1 aromatic heterocycles. The molecule has 140 valence electrons. The molecule has 1 aliphatic rings. The van der Waals surface area contributed by atoms with Gasteiger partial charge in [0.2, 0.25) is 0 Å². The molecule has 1 atom stereocenters. The number of methoxy groups -OCH3 is 1. The second-order valence-corrected chi connectivity index (χ2v) is 6.61. The molecule has 0 N–H and O–H groups in total. The van der Waals surface area contributed by atoms with E-state index in [4.69, 9.17) is 13.9 Å². The standard InChI is InChI=1S/C20H25NO5/c1-3-15-6-4-5-9-21(15)19(22)13-26-20(23)10-14-12-25-18-11-16(24-2)7-8-17(14)18/h7-8,11-12,15H,3-6,9-10,13H2,1-2H3. The Morgan fingerprint density at radius 2 is 2.15 bits per heavy atom. The summed E-state index contributed by atoms with van der Waals surface area (Å²) in [5, 5.41) is 0.844. The summed E-state index contributed by atoms with van der Waals surface area (Å²) >= 11 is 0. The van der Waals surface area contributed by atoms with E-state index in [9.17, 15) is 9.59 Å². The third-order valence-corrected chi connectivity index (χ3v) is 4.97. The molecule has 1 unspecified atom stereocenters. The summed E-state index contributed by atoms with van der Waals surface area (Å²) in [6.45, 7) is 2.64. The average Bonchev–Trinajstić information content (AvgIpc) is 3.07. The number of ether oxygens (including phenoxy) is 2. The minimum atomic E-state index is -0.429. The molecule has 3 rings (SSSR count). The van der Waals surface area contributed by atoms with E-state index < -0.39 is 5.97 Å². The molecule has 1 aromatic carbocycles. The first-order chi connectivity index (χ1) is 12.6. The van der Waals surface area contributed by atoms with Crippen molar-refractivity contribution in [3.63, 3.8) is 0 Å². The number of benzene rings is 1. The van der Waals surface area contributed by atoms with E-state index in [0.717, 1.165) is 43.2 Å². The number of furan rings is 1. The van der Waals surface area contributed by atoms with Crippen LogP contribution >= 0.6 is 0 Å². The van der Waals surface area contributed by atoms with Crippen LogP contribution in [-0.4, -0.2) is 43.1 Å². The van der Waals surface area contributed by atoms with Crippen LogP contribution in [0.3, 0.4) is 0 Å². The van der Waals surface area contributed by atoms with Crippen LogP contribution in [0.15, 0.2) is 28.9 Å². The Balaban J connectivity index is 1.56. The van der Waals surface area contributed by atoms with Crippen LogP contribution in [0, 0.1) is 0 Å². The van der Waals surface area contributed by atoms with Gasteiger partial charge in [-0.15, -0.1) is 0 Å². The summed E-state index contributed by atoms with van der Waals surface area (Å²) in [5.74, 6) is 0.159. The lowest BCUT2D eigenvalue weighted by Crippen LogP contribution is -2.45. The van der Waals surface area contributed by atoms with Crippen LogP contribution in [-0.2, 0) is 20.7 Å². The molecule has 0 saturated carbocycles. The first-order valence-electron chi connectivity index (χ1n) is 9.11. The summed E-state index contributed by atoms with van der Waals surface area (Å²) < 4.78 is 15.9. The summed E-state index contributed by atoms with van der Waals surface area (Å²) in [4.78, 5) is 26.4. The first-order valence-corrected chi connectivity index (χ1v) is 9.11. The second-order valence-electron chi connectivity index (χ2n) is 6.61. The Kier molecular flexibility index (Phi) is 5.81. The van der Waals surface area contributed by atoms with Crippen molar-refractivity contribution in [3.05, 3.63) is 30.0 Å². The monoisotopic (exact) mass is 359 g/mol. The Morgan fingerprint density at radius 3 is 2.92 bits per heavy atom. The number of hydrogen-bond donors (Lipinski definition) is 0. The van der Waals surface area contributed by atoms with E-state index in [1.165, 1.54) is 0 Å². The van der Waals surface area contributed by atoms with Gasteiger partial charge < -0.3 is 18.8 Å². The van der Waals surface area contributed by atoms with Crippen LogP contribution in [0.25, 0.3) is 11.0 Å². The van der Waals surface area contributed by atoms with Crippen LogP contribution < -0.4 is 4.74 Å². The number of fused-ring (bicyclic) bond motifs is 1. The normalized spacial score (nSPS) is 17.3. The van der Waals surface area contributed by atoms with Crippen LogP contribution in [0.5, 0.6) is 5.75 Å². The largest absolute Gasteiger partial charge is 0.497 e. The van der Waals surface area contributed by atoms with Gasteiger partial charge in [-0.1, -0.05) is 6.92 Å². The Bertz CT molecular complexity index is 782. The predicted molar refractivity (Wildman–Crippen MR) is 97.1 cm³/mol. The molecule has 1 saturated heterocycles. The summed E-state index contributed by atoms with van der Waals surface area (Å²) in [5.41, 5.74) is 1.40. The zero-order valence-corrected chi connectivity index (χ0v) is 15.3. The predicted octanol–water partition coefficient (Wildman–Crippen LogP) is 3.32. The van der Waals surface area contributed by atoms with Gasteiger partial charge in [0.15, 0.2) is 6.61 Å². The lowest BCUT2D eigenvalue weighted by Gasteiger charge is -2.35. The highest BCUT2D eigenvalue weighted by molar-refractivity contribution is 5.87. The van der Waals surface area contributed by atoms with Gasteiger partial charge >= 0.3 is 5.97 Å². The number of nitrogens with zero attached hydrogens (tertiary/aromatic N) is 1. The van der Waals surface area contributed by atoms with Gasteiger partial charge in [-0.25, -0.2) is 0 Å². The van der Waals surface area contributed by atoms with E-state index in [1.807, 2.05) is 17.0 Å². The van der Waals surface area contributed by atoms with Crippen LogP contribution in [0.2, 0.25) is 0 Å². The minimum Gasteiger partial charge on any atom is -0.497 e. The number of amides is 1. The molecule has 2 heterocycles. The fourth-order valence-corrected chi connectivity index (χ4v) is 3.51. The highest BCUT2D eigenvalue weighted by Crippen LogP contribution is 2.26. The molecular formula is C20H25NO5. The molecule has 0 spiro atoms. The third-order valence-electron chi connectivity index (χ3n) is 4.97. The maximum atomic E-state index is 12.4. The zero-order valence-electron chi connectivity index (χ0n) is 15.3. The second kappa shape index (κ2) is 8.25. The van der Waals surface area contributed by atoms with Gasteiger partial charge in [0.25, 0.3) is 5.91 Å². The third kappa shape index (κ3) is 4.00. The van der Waals surface area contributed by atoms with Gasteiger partial charge in [-0.2, -0.15) is 0 Å². The Morgan fingerprint density at radius 1 is 1.31 bits per heavy atom. The van der Waals surface area contributed by atoms with Crippen molar-refractivity contribution < 1.29 is 23.5 Å². The summed E-state index contributed by atoms with van der Waals surface area (Å²) in [6, 6.07) is 5.71. The van der Waals surface area contributed by atoms with E-state index >= 15 is 0 Å². The van der Waals surface area contributed by atoms with Gasteiger partial charge in [-0.3, -0.25) is 9.59 Å². The maximum Gasteiger partial charge on any atom is 0.310 e. The zero-order chi connectivity index (χ0) is 18.5. The van der Waals surface area contributed by atoms with Crippen molar-refractivity contribution in [1.82, 2.24) is 4.90 Å². The van der Waals surface area contributed by atoms with Crippen LogP contribution in [0.4, 0.5) is 0 Å². The van der Waals surface area contributed by atoms with Crippen molar-refractivity contribution in [2.24, 2.45) is 0 Å². The molecule has 1 fully saturated rings. The Labute approximate surface area is 153 Å². The molecule has 6 heteroatoms. The van der Waals surface area contributed by atoms with Crippen molar-refractivity contribution in [1.29, 1.82) is 0 Å². The maximum absolute atomic E-state index is 12.4. The van der Waals surface area contributed by atoms with Crippen molar-refractivity contribution in [2.45, 2.75) is 45.1 Å². The molecule has 1 aliphatic heterocycles. The van der Waals surface area contributed by atoms with E-state index in [0.29, 0.717) is 11.3 Å². The van der Waals surface area contributed by atoms with E-state index in [2.05, 4.69) is 6.92 Å². The minimum absolute atomic E-state index is 0.0732. The molecule has 1 amide bonds. The number of likely N-dealkylation sites (tertiary alicyclic amines) is 1. The molecule has 2 aromatic rings. The number of piperidine rings is 1. The lowest BCUT2D eigenvalue weighted by molar-refractivity contribution is -0.153. The topological polar surface area (TPSA) is 69.0 Å². The van der Waals surface area contributed by atoms with Gasteiger partial charge in [-0.05, 0) is 37.8 Å². The fourth-order valence-electron chi connectivity index (χ4n) is 3.51. The number of carbonyl (C=O) groups is 2. The molecule has 0 aliphatic carbocycles. The van der Waals surface area contributed by atoms with Gasteiger partial charge in [0.05, 0.1) is 19.8 Å². The SMILES string of the molecule is CCC1CCCCN1C(=O)COC(=O)Cc1coc2cc(OC)ccc12. The molecule has 0 radical (unpaired) electrons. The smallest absolute Gasteiger partial charge is 0.310 e. The number of esters is 1. The van der Waals surface area contributed by atoms with E-state index in [1.54, 1.807) is 19.4 Å². The van der Waals surface area contributed by atoms with Crippen LogP contribution in [0.1, 0.15) is 38.2 Å². The molecule has 0 bridgehead atoms. The number of hydrogen-bond acceptors (Lipinski definition) is 5. The highest BCUT2D eigenvalue weighted by Gasteiger charge is 2.26. The number of rotatable bonds is 6.